The van der Waals surface area contributed by atoms with Gasteiger partial charge in [0.15, 0.2) is 11.5 Å². The highest BCUT2D eigenvalue weighted by Crippen LogP contribution is 2.41. The Morgan fingerprint density at radius 2 is 2.04 bits per heavy atom. The van der Waals surface area contributed by atoms with E-state index in [0.29, 0.717) is 11.5 Å². The van der Waals surface area contributed by atoms with Crippen molar-refractivity contribution in [2.24, 2.45) is 0 Å². The lowest BCUT2D eigenvalue weighted by Crippen LogP contribution is -2.38. The van der Waals surface area contributed by atoms with E-state index in [1.54, 1.807) is 25.6 Å². The molecule has 2 aliphatic rings. The highest BCUT2D eigenvalue weighted by molar-refractivity contribution is 7.16. The molecule has 2 N–H and O–H groups in total. The monoisotopic (exact) mass is 373 g/mol. The number of rotatable bonds is 4. The Balaban J connectivity index is 1.65. The van der Waals surface area contributed by atoms with Crippen LogP contribution >= 0.6 is 11.3 Å². The molecule has 1 amide bonds. The first-order valence-corrected chi connectivity index (χ1v) is 9.62. The summed E-state index contributed by atoms with van der Waals surface area (Å²) in [6, 6.07) is 5.70. The summed E-state index contributed by atoms with van der Waals surface area (Å²) >= 11 is 1.71. The van der Waals surface area contributed by atoms with Crippen molar-refractivity contribution in [3.8, 4) is 11.5 Å². The molecule has 1 atom stereocenters. The van der Waals surface area contributed by atoms with Crippen LogP contribution in [0.2, 0.25) is 0 Å². The third-order valence-corrected chi connectivity index (χ3v) is 6.25. The molecular weight excluding hydrogens is 350 g/mol. The Morgan fingerprint density at radius 1 is 1.23 bits per heavy atom. The third-order valence-electron chi connectivity index (χ3n) is 5.10. The molecule has 2 aromatic rings. The van der Waals surface area contributed by atoms with Gasteiger partial charge in [0.05, 0.1) is 19.8 Å². The number of amides is 1. The highest BCUT2D eigenvalue weighted by Gasteiger charge is 2.33. The number of anilines is 1. The molecule has 0 saturated carbocycles. The number of thiophene rings is 1. The van der Waals surface area contributed by atoms with Crippen molar-refractivity contribution in [3.05, 3.63) is 39.8 Å². The summed E-state index contributed by atoms with van der Waals surface area (Å²) in [4.78, 5) is 16.5. The predicted octanol–water partition coefficient (Wildman–Crippen LogP) is 3.00. The molecule has 0 unspecified atom stereocenters. The van der Waals surface area contributed by atoms with Crippen LogP contribution in [0.4, 0.5) is 5.00 Å². The molecule has 1 aromatic heterocycles. The van der Waals surface area contributed by atoms with Gasteiger partial charge in [-0.1, -0.05) is 13.0 Å². The summed E-state index contributed by atoms with van der Waals surface area (Å²) in [5.74, 6) is 1.32. The van der Waals surface area contributed by atoms with Gasteiger partial charge in [-0.2, -0.15) is 0 Å². The zero-order chi connectivity index (χ0) is 18.3. The van der Waals surface area contributed by atoms with Crippen molar-refractivity contribution in [2.45, 2.75) is 26.1 Å². The minimum atomic E-state index is -0.280. The fourth-order valence-corrected chi connectivity index (χ4v) is 4.95. The van der Waals surface area contributed by atoms with Gasteiger partial charge in [-0.3, -0.25) is 9.69 Å². The van der Waals surface area contributed by atoms with E-state index in [9.17, 15) is 4.79 Å². The van der Waals surface area contributed by atoms with Gasteiger partial charge in [-0.15, -0.1) is 11.3 Å². The quantitative estimate of drug-likeness (QED) is 0.863. The summed E-state index contributed by atoms with van der Waals surface area (Å²) in [6.45, 7) is 5.16. The van der Waals surface area contributed by atoms with E-state index in [-0.39, 0.29) is 12.1 Å². The van der Waals surface area contributed by atoms with Crippen molar-refractivity contribution in [3.63, 3.8) is 0 Å². The number of carbonyl (C=O) groups excluding carboxylic acids is 1. The molecule has 6 nitrogen and oxygen atoms in total. The standard InChI is InChI=1S/C19H23N3O3S/c1-4-22-8-7-12-15(10-22)26-19-16(12)18(23)20-17(21-19)11-5-6-13(24-2)14(9-11)25-3/h5-6,9,17,21H,4,7-8,10H2,1-3H3,(H,20,23)/t17-/m1/s1. The lowest BCUT2D eigenvalue weighted by molar-refractivity contribution is 0.0934. The normalized spacial score (nSPS) is 19.2. The predicted molar refractivity (Wildman–Crippen MR) is 102 cm³/mol. The van der Waals surface area contributed by atoms with Gasteiger partial charge >= 0.3 is 0 Å². The van der Waals surface area contributed by atoms with Crippen LogP contribution in [-0.4, -0.2) is 38.1 Å². The average molecular weight is 373 g/mol. The van der Waals surface area contributed by atoms with E-state index in [2.05, 4.69) is 22.5 Å². The third kappa shape index (κ3) is 2.81. The summed E-state index contributed by atoms with van der Waals surface area (Å²) in [5.41, 5.74) is 2.98. The van der Waals surface area contributed by atoms with Crippen LogP contribution in [0, 0.1) is 0 Å². The number of benzene rings is 1. The molecule has 0 aliphatic carbocycles. The number of nitrogens with zero attached hydrogens (tertiary/aromatic N) is 1. The molecule has 4 rings (SSSR count). The first-order valence-electron chi connectivity index (χ1n) is 8.80. The number of hydrogen-bond acceptors (Lipinski definition) is 6. The Kier molecular flexibility index (Phi) is 4.50. The lowest BCUT2D eigenvalue weighted by Gasteiger charge is -2.28. The van der Waals surface area contributed by atoms with Crippen LogP contribution in [0.25, 0.3) is 0 Å². The Labute approximate surface area is 157 Å². The summed E-state index contributed by atoms with van der Waals surface area (Å²) in [5, 5.41) is 7.55. The van der Waals surface area contributed by atoms with Gasteiger partial charge in [0.25, 0.3) is 5.91 Å². The van der Waals surface area contributed by atoms with E-state index >= 15 is 0 Å². The van der Waals surface area contributed by atoms with Crippen LogP contribution in [0.1, 0.15) is 39.5 Å². The van der Waals surface area contributed by atoms with E-state index in [4.69, 9.17) is 9.47 Å². The van der Waals surface area contributed by atoms with Gasteiger partial charge in [0, 0.05) is 18.0 Å². The fourth-order valence-electron chi connectivity index (χ4n) is 3.64. The zero-order valence-corrected chi connectivity index (χ0v) is 16.0. The second-order valence-corrected chi connectivity index (χ2v) is 7.60. The summed E-state index contributed by atoms with van der Waals surface area (Å²) in [7, 11) is 3.22. The van der Waals surface area contributed by atoms with Gasteiger partial charge in [0.1, 0.15) is 11.2 Å². The SMILES string of the molecule is CCN1CCc2c(sc3c2C(=O)N[C@@H](c2ccc(OC)c(OC)c2)N3)C1. The van der Waals surface area contributed by atoms with Crippen molar-refractivity contribution in [1.29, 1.82) is 0 Å². The Morgan fingerprint density at radius 3 is 2.77 bits per heavy atom. The first-order chi connectivity index (χ1) is 12.6. The number of hydrogen-bond donors (Lipinski definition) is 2. The maximum atomic E-state index is 12.8. The Hall–Kier alpha value is -2.25. The summed E-state index contributed by atoms with van der Waals surface area (Å²) in [6.07, 6.45) is 0.655. The molecule has 0 radical (unpaired) electrons. The Bertz CT molecular complexity index is 849. The largest absolute Gasteiger partial charge is 0.493 e. The number of methoxy groups -OCH3 is 2. The molecule has 7 heteroatoms. The van der Waals surface area contributed by atoms with Gasteiger partial charge in [-0.05, 0) is 36.2 Å². The van der Waals surface area contributed by atoms with Crippen molar-refractivity contribution in [1.82, 2.24) is 10.2 Å². The molecule has 1 aromatic carbocycles. The molecule has 2 aliphatic heterocycles. The number of fused-ring (bicyclic) bond motifs is 3. The van der Waals surface area contributed by atoms with Crippen molar-refractivity contribution < 1.29 is 14.3 Å². The molecule has 0 spiro atoms. The van der Waals surface area contributed by atoms with E-state index in [0.717, 1.165) is 42.2 Å². The molecule has 26 heavy (non-hydrogen) atoms. The van der Waals surface area contributed by atoms with E-state index in [1.807, 2.05) is 18.2 Å². The van der Waals surface area contributed by atoms with E-state index in [1.165, 1.54) is 10.4 Å². The number of likely N-dealkylation sites (N-methyl/N-ethyl adjacent to an activating group) is 1. The molecular formula is C19H23N3O3S. The zero-order valence-electron chi connectivity index (χ0n) is 15.2. The highest BCUT2D eigenvalue weighted by atomic mass is 32.1. The maximum absolute atomic E-state index is 12.8. The average Bonchev–Trinajstić information content (AvgIpc) is 3.05. The number of carbonyl (C=O) groups is 1. The molecule has 0 saturated heterocycles. The molecule has 138 valence electrons. The van der Waals surface area contributed by atoms with Crippen molar-refractivity contribution >= 4 is 22.2 Å². The fraction of sp³-hybridized carbons (Fsp3) is 0.421. The van der Waals surface area contributed by atoms with Crippen molar-refractivity contribution in [2.75, 3.05) is 32.6 Å². The molecule has 3 heterocycles. The van der Waals surface area contributed by atoms with Crippen LogP contribution in [0.3, 0.4) is 0 Å². The minimum Gasteiger partial charge on any atom is -0.493 e. The molecule has 0 fully saturated rings. The van der Waals surface area contributed by atoms with Gasteiger partial charge in [-0.25, -0.2) is 0 Å². The first kappa shape index (κ1) is 17.2. The lowest BCUT2D eigenvalue weighted by atomic mass is 10.0. The maximum Gasteiger partial charge on any atom is 0.256 e. The number of ether oxygens (including phenoxy) is 2. The number of nitrogens with one attached hydrogen (secondary N) is 2. The minimum absolute atomic E-state index is 0.000911. The summed E-state index contributed by atoms with van der Waals surface area (Å²) < 4.78 is 10.7. The van der Waals surface area contributed by atoms with Gasteiger partial charge in [0.2, 0.25) is 0 Å². The van der Waals surface area contributed by atoms with Crippen LogP contribution in [0.15, 0.2) is 18.2 Å². The van der Waals surface area contributed by atoms with Crippen LogP contribution < -0.4 is 20.1 Å². The smallest absolute Gasteiger partial charge is 0.256 e. The van der Waals surface area contributed by atoms with E-state index < -0.39 is 0 Å². The second-order valence-electron chi connectivity index (χ2n) is 6.49. The van der Waals surface area contributed by atoms with Crippen LogP contribution in [-0.2, 0) is 13.0 Å². The topological polar surface area (TPSA) is 62.8 Å². The molecule has 0 bridgehead atoms. The second kappa shape index (κ2) is 6.81. The van der Waals surface area contributed by atoms with Crippen LogP contribution in [0.5, 0.6) is 11.5 Å². The van der Waals surface area contributed by atoms with Gasteiger partial charge < -0.3 is 20.1 Å².